The van der Waals surface area contributed by atoms with Crippen LogP contribution >= 0.6 is 0 Å². The summed E-state index contributed by atoms with van der Waals surface area (Å²) >= 11 is 0. The average Bonchev–Trinajstić information content (AvgIpc) is 3.16. The standard InChI is InChI=1S/C19H17N5O/c1-25-15-9-7-14(8-10-15)17-23-18(16-19(24-17)22-12-21-16)20-11-13-5-3-2-4-6-13/h2-10,12H,11H2,1H3,(H2,20,21,22,23,24). The number of nitrogens with zero attached hydrogens (tertiary/aromatic N) is 3. The van der Waals surface area contributed by atoms with Crippen molar-refractivity contribution in [2.24, 2.45) is 0 Å². The number of nitrogens with one attached hydrogen (secondary N) is 2. The van der Waals surface area contributed by atoms with Crippen LogP contribution in [0.4, 0.5) is 5.82 Å². The van der Waals surface area contributed by atoms with E-state index in [1.54, 1.807) is 13.4 Å². The first kappa shape index (κ1) is 15.1. The first-order valence-electron chi connectivity index (χ1n) is 7.97. The maximum Gasteiger partial charge on any atom is 0.183 e. The second-order valence-electron chi connectivity index (χ2n) is 5.56. The second kappa shape index (κ2) is 6.60. The summed E-state index contributed by atoms with van der Waals surface area (Å²) in [6, 6.07) is 17.8. The summed E-state index contributed by atoms with van der Waals surface area (Å²) in [6.45, 7) is 0.675. The summed E-state index contributed by atoms with van der Waals surface area (Å²) in [4.78, 5) is 16.6. The first-order valence-corrected chi connectivity index (χ1v) is 7.97. The molecule has 4 aromatic rings. The minimum Gasteiger partial charge on any atom is -0.497 e. The zero-order valence-corrected chi connectivity index (χ0v) is 13.7. The van der Waals surface area contributed by atoms with Crippen LogP contribution in [0.5, 0.6) is 5.75 Å². The molecule has 0 bridgehead atoms. The third kappa shape index (κ3) is 3.14. The van der Waals surface area contributed by atoms with Gasteiger partial charge in [-0.2, -0.15) is 0 Å². The molecule has 2 aromatic carbocycles. The predicted molar refractivity (Wildman–Crippen MR) is 97.4 cm³/mol. The van der Waals surface area contributed by atoms with E-state index < -0.39 is 0 Å². The van der Waals surface area contributed by atoms with Crippen LogP contribution in [0.2, 0.25) is 0 Å². The van der Waals surface area contributed by atoms with Crippen molar-refractivity contribution < 1.29 is 4.74 Å². The van der Waals surface area contributed by atoms with Crippen LogP contribution in [0.1, 0.15) is 5.56 Å². The van der Waals surface area contributed by atoms with Gasteiger partial charge in [0.05, 0.1) is 13.4 Å². The van der Waals surface area contributed by atoms with Gasteiger partial charge in [0.25, 0.3) is 0 Å². The molecule has 6 nitrogen and oxygen atoms in total. The van der Waals surface area contributed by atoms with Crippen LogP contribution in [0.15, 0.2) is 60.9 Å². The van der Waals surface area contributed by atoms with Gasteiger partial charge in [-0.1, -0.05) is 30.3 Å². The molecule has 0 amide bonds. The van der Waals surface area contributed by atoms with Gasteiger partial charge in [0, 0.05) is 12.1 Å². The van der Waals surface area contributed by atoms with E-state index in [2.05, 4.69) is 37.4 Å². The van der Waals surface area contributed by atoms with Gasteiger partial charge in [-0.15, -0.1) is 0 Å². The van der Waals surface area contributed by atoms with E-state index in [0.29, 0.717) is 18.0 Å². The molecule has 0 saturated carbocycles. The molecule has 0 fully saturated rings. The van der Waals surface area contributed by atoms with E-state index in [0.717, 1.165) is 22.6 Å². The van der Waals surface area contributed by atoms with Crippen LogP contribution in [0, 0.1) is 0 Å². The van der Waals surface area contributed by atoms with E-state index >= 15 is 0 Å². The minimum absolute atomic E-state index is 0.623. The van der Waals surface area contributed by atoms with Crippen molar-refractivity contribution in [3.05, 3.63) is 66.5 Å². The molecule has 0 unspecified atom stereocenters. The number of benzene rings is 2. The Hall–Kier alpha value is -3.41. The van der Waals surface area contributed by atoms with Crippen LogP contribution in [-0.2, 0) is 6.54 Å². The van der Waals surface area contributed by atoms with E-state index in [4.69, 9.17) is 4.74 Å². The third-order valence-electron chi connectivity index (χ3n) is 3.94. The van der Waals surface area contributed by atoms with Gasteiger partial charge >= 0.3 is 0 Å². The summed E-state index contributed by atoms with van der Waals surface area (Å²) in [5.41, 5.74) is 3.53. The average molecular weight is 331 g/mol. The molecule has 25 heavy (non-hydrogen) atoms. The maximum absolute atomic E-state index is 5.20. The lowest BCUT2D eigenvalue weighted by molar-refractivity contribution is 0.415. The number of aromatic nitrogens is 4. The third-order valence-corrected chi connectivity index (χ3v) is 3.94. The van der Waals surface area contributed by atoms with Crippen molar-refractivity contribution in [1.29, 1.82) is 0 Å². The number of rotatable bonds is 5. The fraction of sp³-hybridized carbons (Fsp3) is 0.105. The summed E-state index contributed by atoms with van der Waals surface area (Å²) < 4.78 is 5.20. The number of ether oxygens (including phenoxy) is 1. The molecule has 0 radical (unpaired) electrons. The van der Waals surface area contributed by atoms with Gasteiger partial charge < -0.3 is 15.0 Å². The Bertz CT molecular complexity index is 980. The molecule has 0 saturated heterocycles. The molecule has 124 valence electrons. The Morgan fingerprint density at radius 1 is 1.00 bits per heavy atom. The quantitative estimate of drug-likeness (QED) is 0.584. The number of H-pyrrole nitrogens is 1. The maximum atomic E-state index is 5.20. The van der Waals surface area contributed by atoms with Crippen LogP contribution in [0.3, 0.4) is 0 Å². The Balaban J connectivity index is 1.69. The number of imidazole rings is 1. The summed E-state index contributed by atoms with van der Waals surface area (Å²) in [7, 11) is 1.65. The minimum atomic E-state index is 0.623. The molecule has 0 atom stereocenters. The predicted octanol–water partition coefficient (Wildman–Crippen LogP) is 3.64. The Labute approximate surface area is 144 Å². The molecule has 2 heterocycles. The highest BCUT2D eigenvalue weighted by atomic mass is 16.5. The molecule has 0 aliphatic carbocycles. The number of methoxy groups -OCH3 is 1. The number of aromatic amines is 1. The van der Waals surface area contributed by atoms with Crippen LogP contribution in [-0.4, -0.2) is 27.0 Å². The Kier molecular flexibility index (Phi) is 4.00. The lowest BCUT2D eigenvalue weighted by Crippen LogP contribution is -2.04. The van der Waals surface area contributed by atoms with Gasteiger partial charge in [-0.05, 0) is 29.8 Å². The van der Waals surface area contributed by atoms with Crippen LogP contribution in [0.25, 0.3) is 22.6 Å². The smallest absolute Gasteiger partial charge is 0.183 e. The highest BCUT2D eigenvalue weighted by Crippen LogP contribution is 2.24. The molecule has 0 aliphatic rings. The zero-order chi connectivity index (χ0) is 17.1. The monoisotopic (exact) mass is 331 g/mol. The highest BCUT2D eigenvalue weighted by molar-refractivity contribution is 5.84. The largest absolute Gasteiger partial charge is 0.497 e. The van der Waals surface area contributed by atoms with Gasteiger partial charge in [0.15, 0.2) is 17.3 Å². The fourth-order valence-electron chi connectivity index (χ4n) is 2.61. The van der Waals surface area contributed by atoms with E-state index in [-0.39, 0.29) is 0 Å². The fourth-order valence-corrected chi connectivity index (χ4v) is 2.61. The lowest BCUT2D eigenvalue weighted by atomic mass is 10.2. The van der Waals surface area contributed by atoms with Crippen molar-refractivity contribution in [3.8, 4) is 17.1 Å². The SMILES string of the molecule is COc1ccc(-c2nc(NCc3ccccc3)c3[nH]cnc3n2)cc1. The summed E-state index contributed by atoms with van der Waals surface area (Å²) in [6.07, 6.45) is 1.63. The molecule has 2 N–H and O–H groups in total. The van der Waals surface area contributed by atoms with E-state index in [1.807, 2.05) is 42.5 Å². The molecule has 0 spiro atoms. The van der Waals surface area contributed by atoms with E-state index in [9.17, 15) is 0 Å². The second-order valence-corrected chi connectivity index (χ2v) is 5.56. The van der Waals surface area contributed by atoms with Crippen molar-refractivity contribution in [2.75, 3.05) is 12.4 Å². The number of hydrogen-bond donors (Lipinski definition) is 2. The van der Waals surface area contributed by atoms with E-state index in [1.165, 1.54) is 5.56 Å². The molecule has 4 rings (SSSR count). The Morgan fingerprint density at radius 2 is 1.80 bits per heavy atom. The van der Waals surface area contributed by atoms with Crippen molar-refractivity contribution >= 4 is 17.0 Å². The van der Waals surface area contributed by atoms with Gasteiger partial charge in [0.1, 0.15) is 11.3 Å². The number of anilines is 1. The Morgan fingerprint density at radius 3 is 2.56 bits per heavy atom. The molecular formula is C19H17N5O. The first-order chi connectivity index (χ1) is 12.3. The van der Waals surface area contributed by atoms with Crippen molar-refractivity contribution in [1.82, 2.24) is 19.9 Å². The van der Waals surface area contributed by atoms with Crippen LogP contribution < -0.4 is 10.1 Å². The highest BCUT2D eigenvalue weighted by Gasteiger charge is 2.11. The number of hydrogen-bond acceptors (Lipinski definition) is 5. The topological polar surface area (TPSA) is 75.7 Å². The molecule has 6 heteroatoms. The molecular weight excluding hydrogens is 314 g/mol. The van der Waals surface area contributed by atoms with Crippen molar-refractivity contribution in [3.63, 3.8) is 0 Å². The molecule has 0 aliphatic heterocycles. The lowest BCUT2D eigenvalue weighted by Gasteiger charge is -2.09. The zero-order valence-electron chi connectivity index (χ0n) is 13.7. The summed E-state index contributed by atoms with van der Waals surface area (Å²) in [5.74, 6) is 2.15. The van der Waals surface area contributed by atoms with Gasteiger partial charge in [-0.25, -0.2) is 15.0 Å². The number of fused-ring (bicyclic) bond motifs is 1. The van der Waals surface area contributed by atoms with Gasteiger partial charge in [-0.3, -0.25) is 0 Å². The normalized spacial score (nSPS) is 10.8. The van der Waals surface area contributed by atoms with Gasteiger partial charge in [0.2, 0.25) is 0 Å². The summed E-state index contributed by atoms with van der Waals surface area (Å²) in [5, 5.41) is 3.38. The molecule has 2 aromatic heterocycles. The van der Waals surface area contributed by atoms with Crippen molar-refractivity contribution in [2.45, 2.75) is 6.54 Å².